The number of aromatic carboxylic acids is 1. The molecule has 0 aliphatic carbocycles. The molecule has 1 aliphatic heterocycles. The molecule has 1 heterocycles. The summed E-state index contributed by atoms with van der Waals surface area (Å²) >= 11 is 0. The summed E-state index contributed by atoms with van der Waals surface area (Å²) < 4.78 is 0. The van der Waals surface area contributed by atoms with E-state index in [1.807, 2.05) is 26.0 Å². The van der Waals surface area contributed by atoms with Crippen molar-refractivity contribution in [1.29, 1.82) is 0 Å². The van der Waals surface area contributed by atoms with Gasteiger partial charge in [-0.2, -0.15) is 0 Å². The Morgan fingerprint density at radius 3 is 2.48 bits per heavy atom. The number of rotatable bonds is 4. The quantitative estimate of drug-likeness (QED) is 0.830. The number of carboxylic acids is 1. The molecule has 0 saturated carbocycles. The minimum absolute atomic E-state index is 0.316. The van der Waals surface area contributed by atoms with E-state index in [4.69, 9.17) is 4.84 Å². The summed E-state index contributed by atoms with van der Waals surface area (Å²) in [6.45, 7) is 8.07. The van der Waals surface area contributed by atoms with E-state index in [1.165, 1.54) is 7.11 Å². The smallest absolute Gasteiger partial charge is 0.337 e. The molecular weight excluding hydrogens is 268 g/mol. The van der Waals surface area contributed by atoms with Gasteiger partial charge in [0.15, 0.2) is 0 Å². The SMILES string of the molecule is CC.CONc1ccc(N2CCC(C)CC2)c(C(=O)O)c1. The molecule has 0 bridgehead atoms. The van der Waals surface area contributed by atoms with Crippen molar-refractivity contribution < 1.29 is 14.7 Å². The number of hydrogen-bond donors (Lipinski definition) is 2. The van der Waals surface area contributed by atoms with Crippen molar-refractivity contribution in [1.82, 2.24) is 0 Å². The van der Waals surface area contributed by atoms with Gasteiger partial charge in [0.2, 0.25) is 0 Å². The number of carbonyl (C=O) groups is 1. The highest BCUT2D eigenvalue weighted by Gasteiger charge is 2.21. The van der Waals surface area contributed by atoms with Crippen molar-refractivity contribution in [2.45, 2.75) is 33.6 Å². The van der Waals surface area contributed by atoms with Gasteiger partial charge in [-0.15, -0.1) is 0 Å². The molecule has 1 saturated heterocycles. The number of nitrogens with zero attached hydrogens (tertiary/aromatic N) is 1. The standard InChI is InChI=1S/C14H20N2O3.C2H6/c1-10-5-7-16(8-6-10)13-4-3-11(15-19-2)9-12(13)14(17)18;1-2/h3-4,9-10,15H,5-8H2,1-2H3,(H,17,18);1-2H3. The number of carboxylic acid groups (broad SMARTS) is 1. The van der Waals surface area contributed by atoms with Gasteiger partial charge in [0.05, 0.1) is 24.0 Å². The zero-order chi connectivity index (χ0) is 15.8. The molecule has 0 amide bonds. The van der Waals surface area contributed by atoms with Gasteiger partial charge >= 0.3 is 5.97 Å². The lowest BCUT2D eigenvalue weighted by molar-refractivity contribution is 0.0697. The first-order chi connectivity index (χ1) is 10.1. The molecule has 0 aromatic heterocycles. The van der Waals surface area contributed by atoms with E-state index < -0.39 is 5.97 Å². The lowest BCUT2D eigenvalue weighted by Gasteiger charge is -2.33. The third-order valence-corrected chi connectivity index (χ3v) is 3.57. The lowest BCUT2D eigenvalue weighted by Crippen LogP contribution is -2.33. The van der Waals surface area contributed by atoms with Gasteiger partial charge in [-0.1, -0.05) is 20.8 Å². The minimum atomic E-state index is -0.909. The van der Waals surface area contributed by atoms with E-state index in [0.717, 1.165) is 37.5 Å². The lowest BCUT2D eigenvalue weighted by atomic mass is 9.98. The van der Waals surface area contributed by atoms with Gasteiger partial charge in [0.1, 0.15) is 0 Å². The van der Waals surface area contributed by atoms with E-state index in [-0.39, 0.29) is 0 Å². The second kappa shape index (κ2) is 8.52. The summed E-state index contributed by atoms with van der Waals surface area (Å²) in [6, 6.07) is 5.29. The summed E-state index contributed by atoms with van der Waals surface area (Å²) in [5.41, 5.74) is 4.41. The van der Waals surface area contributed by atoms with E-state index >= 15 is 0 Å². The fourth-order valence-electron chi connectivity index (χ4n) is 2.41. The number of hydrogen-bond acceptors (Lipinski definition) is 4. The Kier molecular flexibility index (Phi) is 7.02. The van der Waals surface area contributed by atoms with Crippen LogP contribution in [0.4, 0.5) is 11.4 Å². The number of anilines is 2. The molecule has 118 valence electrons. The van der Waals surface area contributed by atoms with Gasteiger partial charge < -0.3 is 10.0 Å². The Labute approximate surface area is 126 Å². The Hall–Kier alpha value is -1.75. The summed E-state index contributed by atoms with van der Waals surface area (Å²) in [6.07, 6.45) is 2.22. The van der Waals surface area contributed by atoms with Gasteiger partial charge in [-0.3, -0.25) is 10.3 Å². The third kappa shape index (κ3) is 4.63. The van der Waals surface area contributed by atoms with Crippen LogP contribution in [0.5, 0.6) is 0 Å². The molecule has 0 radical (unpaired) electrons. The monoisotopic (exact) mass is 294 g/mol. The van der Waals surface area contributed by atoms with Crippen molar-refractivity contribution in [3.05, 3.63) is 23.8 Å². The van der Waals surface area contributed by atoms with E-state index in [2.05, 4.69) is 17.3 Å². The first-order valence-corrected chi connectivity index (χ1v) is 7.53. The normalized spacial score (nSPS) is 15.1. The van der Waals surface area contributed by atoms with Crippen molar-refractivity contribution in [3.63, 3.8) is 0 Å². The van der Waals surface area contributed by atoms with Crippen LogP contribution in [0.2, 0.25) is 0 Å². The number of benzene rings is 1. The van der Waals surface area contributed by atoms with E-state index in [0.29, 0.717) is 11.3 Å². The highest BCUT2D eigenvalue weighted by Crippen LogP contribution is 2.28. The predicted molar refractivity (Wildman–Crippen MR) is 86.0 cm³/mol. The maximum Gasteiger partial charge on any atom is 0.337 e. The van der Waals surface area contributed by atoms with Crippen molar-refractivity contribution in [2.24, 2.45) is 5.92 Å². The molecule has 2 rings (SSSR count). The Morgan fingerprint density at radius 2 is 1.95 bits per heavy atom. The molecule has 1 fully saturated rings. The Morgan fingerprint density at radius 1 is 1.33 bits per heavy atom. The zero-order valence-electron chi connectivity index (χ0n) is 13.3. The molecule has 0 unspecified atom stereocenters. The first-order valence-electron chi connectivity index (χ1n) is 7.53. The maximum absolute atomic E-state index is 11.4. The molecule has 1 aliphatic rings. The molecule has 1 aromatic carbocycles. The van der Waals surface area contributed by atoms with Crippen molar-refractivity contribution in [2.75, 3.05) is 30.6 Å². The molecule has 2 N–H and O–H groups in total. The van der Waals surface area contributed by atoms with Crippen LogP contribution < -0.4 is 10.4 Å². The number of piperidine rings is 1. The third-order valence-electron chi connectivity index (χ3n) is 3.57. The Balaban J connectivity index is 0.00000106. The highest BCUT2D eigenvalue weighted by atomic mass is 16.6. The zero-order valence-corrected chi connectivity index (χ0v) is 13.3. The molecule has 5 nitrogen and oxygen atoms in total. The number of nitrogens with one attached hydrogen (secondary N) is 1. The van der Waals surface area contributed by atoms with Crippen LogP contribution in [0.1, 0.15) is 44.0 Å². The average molecular weight is 294 g/mol. The highest BCUT2D eigenvalue weighted by molar-refractivity contribution is 5.95. The van der Waals surface area contributed by atoms with Gasteiger partial charge in [0, 0.05) is 13.1 Å². The second-order valence-electron chi connectivity index (χ2n) is 5.01. The Bertz CT molecular complexity index is 455. The van der Waals surface area contributed by atoms with Crippen LogP contribution in [-0.4, -0.2) is 31.3 Å². The van der Waals surface area contributed by atoms with Gasteiger partial charge in [-0.05, 0) is 37.0 Å². The maximum atomic E-state index is 11.4. The summed E-state index contributed by atoms with van der Waals surface area (Å²) in [5, 5.41) is 9.35. The van der Waals surface area contributed by atoms with Crippen LogP contribution in [0, 0.1) is 5.92 Å². The van der Waals surface area contributed by atoms with Gasteiger partial charge in [0.25, 0.3) is 0 Å². The second-order valence-corrected chi connectivity index (χ2v) is 5.01. The molecule has 1 aromatic rings. The van der Waals surface area contributed by atoms with Crippen LogP contribution in [0.25, 0.3) is 0 Å². The van der Waals surface area contributed by atoms with E-state index in [9.17, 15) is 9.90 Å². The first kappa shape index (κ1) is 17.3. The minimum Gasteiger partial charge on any atom is -0.478 e. The topological polar surface area (TPSA) is 61.8 Å². The van der Waals surface area contributed by atoms with Crippen molar-refractivity contribution in [3.8, 4) is 0 Å². The summed E-state index contributed by atoms with van der Waals surface area (Å²) in [7, 11) is 1.50. The van der Waals surface area contributed by atoms with Crippen LogP contribution in [-0.2, 0) is 4.84 Å². The van der Waals surface area contributed by atoms with Crippen molar-refractivity contribution >= 4 is 17.3 Å². The molecule has 0 spiro atoms. The van der Waals surface area contributed by atoms with E-state index in [1.54, 1.807) is 6.07 Å². The van der Waals surface area contributed by atoms with Crippen LogP contribution in [0.3, 0.4) is 0 Å². The average Bonchev–Trinajstić information content (AvgIpc) is 2.50. The summed E-state index contributed by atoms with van der Waals surface area (Å²) in [4.78, 5) is 18.3. The predicted octanol–water partition coefficient (Wildman–Crippen LogP) is 3.62. The fourth-order valence-corrected chi connectivity index (χ4v) is 2.41. The molecule has 0 atom stereocenters. The van der Waals surface area contributed by atoms with Crippen LogP contribution >= 0.6 is 0 Å². The molecule has 21 heavy (non-hydrogen) atoms. The molecule has 5 heteroatoms. The van der Waals surface area contributed by atoms with Gasteiger partial charge in [-0.25, -0.2) is 4.79 Å². The summed E-state index contributed by atoms with van der Waals surface area (Å²) in [5.74, 6) is -0.188. The fraction of sp³-hybridized carbons (Fsp3) is 0.562. The largest absolute Gasteiger partial charge is 0.478 e. The molecular formula is C16H26N2O3. The van der Waals surface area contributed by atoms with Crippen LogP contribution in [0.15, 0.2) is 18.2 Å².